The normalized spacial score (nSPS) is 19.2. The first-order valence-electron chi connectivity index (χ1n) is 5.88. The number of ketones is 1. The van der Waals surface area contributed by atoms with Crippen LogP contribution in [0.15, 0.2) is 0 Å². The highest BCUT2D eigenvalue weighted by molar-refractivity contribution is 7.17. The lowest BCUT2D eigenvalue weighted by Crippen LogP contribution is -2.32. The average molecular weight is 267 g/mol. The number of Topliss-reactive ketones (excluding diaryl/α,β-unsaturated/α-hetero) is 1. The van der Waals surface area contributed by atoms with E-state index < -0.39 is 6.04 Å². The van der Waals surface area contributed by atoms with Crippen LogP contribution in [0.4, 0.5) is 5.13 Å². The number of nitrogens with two attached hydrogens (primary N) is 1. The van der Waals surface area contributed by atoms with E-state index in [1.54, 1.807) is 6.92 Å². The zero-order chi connectivity index (χ0) is 13.5. The molecule has 5 nitrogen and oxygen atoms in total. The first kappa shape index (κ1) is 13.2. The highest BCUT2D eigenvalue weighted by atomic mass is 32.1. The second-order valence-corrected chi connectivity index (χ2v) is 6.51. The van der Waals surface area contributed by atoms with Crippen LogP contribution in [-0.4, -0.2) is 22.7 Å². The lowest BCUT2D eigenvalue weighted by atomic mass is 9.78. The summed E-state index contributed by atoms with van der Waals surface area (Å²) in [6, 6.07) is -0.585. The molecule has 0 saturated carbocycles. The number of hydrogen-bond acceptors (Lipinski definition) is 5. The molecule has 18 heavy (non-hydrogen) atoms. The third-order valence-electron chi connectivity index (χ3n) is 2.88. The molecule has 98 valence electrons. The van der Waals surface area contributed by atoms with Gasteiger partial charge in [0.15, 0.2) is 10.9 Å². The molecule has 0 radical (unpaired) electrons. The lowest BCUT2D eigenvalue weighted by Gasteiger charge is -2.26. The van der Waals surface area contributed by atoms with Crippen LogP contribution in [0.3, 0.4) is 0 Å². The van der Waals surface area contributed by atoms with E-state index in [-0.39, 0.29) is 17.1 Å². The van der Waals surface area contributed by atoms with Gasteiger partial charge in [-0.2, -0.15) is 0 Å². The standard InChI is InChI=1S/C12H17N3O2S/c1-6(13)10(17)15-11-14-7-4-12(2,3)5-8(16)9(7)18-11/h6H,4-5,13H2,1-3H3,(H,14,15,17). The molecule has 1 aliphatic rings. The smallest absolute Gasteiger partial charge is 0.242 e. The predicted octanol–water partition coefficient (Wildman–Crippen LogP) is 1.58. The summed E-state index contributed by atoms with van der Waals surface area (Å²) >= 11 is 1.24. The van der Waals surface area contributed by atoms with E-state index in [0.29, 0.717) is 16.4 Å². The van der Waals surface area contributed by atoms with Crippen LogP contribution in [0.1, 0.15) is 42.6 Å². The summed E-state index contributed by atoms with van der Waals surface area (Å²) in [6.45, 7) is 5.71. The van der Waals surface area contributed by atoms with E-state index in [4.69, 9.17) is 5.73 Å². The number of aromatic nitrogens is 1. The van der Waals surface area contributed by atoms with Gasteiger partial charge in [-0.05, 0) is 18.8 Å². The molecule has 1 atom stereocenters. The Labute approximate surface area is 110 Å². The number of fused-ring (bicyclic) bond motifs is 1. The molecule has 0 aliphatic heterocycles. The first-order chi connectivity index (χ1) is 8.28. The quantitative estimate of drug-likeness (QED) is 0.852. The first-order valence-corrected chi connectivity index (χ1v) is 6.69. The fourth-order valence-electron chi connectivity index (χ4n) is 1.99. The molecule has 1 aromatic heterocycles. The summed E-state index contributed by atoms with van der Waals surface area (Å²) < 4.78 is 0. The van der Waals surface area contributed by atoms with Gasteiger partial charge in [-0.15, -0.1) is 0 Å². The van der Waals surface area contributed by atoms with Gasteiger partial charge < -0.3 is 11.1 Å². The van der Waals surface area contributed by atoms with Gasteiger partial charge in [-0.1, -0.05) is 25.2 Å². The molecule has 1 heterocycles. The number of hydrogen-bond donors (Lipinski definition) is 2. The maximum atomic E-state index is 12.0. The molecule has 1 amide bonds. The van der Waals surface area contributed by atoms with Gasteiger partial charge in [0.1, 0.15) is 0 Å². The van der Waals surface area contributed by atoms with E-state index in [0.717, 1.165) is 12.1 Å². The molecule has 0 fully saturated rings. The number of carbonyl (C=O) groups is 2. The summed E-state index contributed by atoms with van der Waals surface area (Å²) in [5.74, 6) is -0.173. The minimum Gasteiger partial charge on any atom is -0.320 e. The Hall–Kier alpha value is -1.27. The van der Waals surface area contributed by atoms with Gasteiger partial charge in [-0.3, -0.25) is 9.59 Å². The van der Waals surface area contributed by atoms with Crippen molar-refractivity contribution in [2.24, 2.45) is 11.1 Å². The van der Waals surface area contributed by atoms with E-state index in [1.165, 1.54) is 11.3 Å². The topological polar surface area (TPSA) is 85.1 Å². The van der Waals surface area contributed by atoms with Crippen molar-refractivity contribution in [3.8, 4) is 0 Å². The zero-order valence-electron chi connectivity index (χ0n) is 10.7. The number of anilines is 1. The fourth-order valence-corrected chi connectivity index (χ4v) is 2.92. The maximum absolute atomic E-state index is 12.0. The van der Waals surface area contributed by atoms with E-state index in [2.05, 4.69) is 10.3 Å². The van der Waals surface area contributed by atoms with Crippen molar-refractivity contribution in [1.29, 1.82) is 0 Å². The Morgan fingerprint density at radius 1 is 1.50 bits per heavy atom. The summed E-state index contributed by atoms with van der Waals surface area (Å²) in [4.78, 5) is 28.5. The van der Waals surface area contributed by atoms with Gasteiger partial charge in [0, 0.05) is 6.42 Å². The second-order valence-electron chi connectivity index (χ2n) is 5.51. The highest BCUT2D eigenvalue weighted by Gasteiger charge is 2.34. The molecule has 2 rings (SSSR count). The number of thiazole rings is 1. The minimum absolute atomic E-state index is 0.0550. The molecule has 1 aliphatic carbocycles. The fraction of sp³-hybridized carbons (Fsp3) is 0.583. The third kappa shape index (κ3) is 2.59. The summed E-state index contributed by atoms with van der Waals surface area (Å²) in [5.41, 5.74) is 6.21. The van der Waals surface area contributed by atoms with E-state index in [9.17, 15) is 9.59 Å². The van der Waals surface area contributed by atoms with Crippen molar-refractivity contribution in [2.45, 2.75) is 39.7 Å². The van der Waals surface area contributed by atoms with Crippen molar-refractivity contribution >= 4 is 28.2 Å². The Balaban J connectivity index is 2.24. The lowest BCUT2D eigenvalue weighted by molar-refractivity contribution is -0.117. The number of nitrogens with one attached hydrogen (secondary N) is 1. The number of amides is 1. The van der Waals surface area contributed by atoms with Crippen LogP contribution in [0, 0.1) is 5.41 Å². The molecule has 1 aromatic rings. The third-order valence-corrected chi connectivity index (χ3v) is 3.93. The number of nitrogens with zero attached hydrogens (tertiary/aromatic N) is 1. The molecular formula is C12H17N3O2S. The molecule has 0 saturated heterocycles. The van der Waals surface area contributed by atoms with Crippen molar-refractivity contribution < 1.29 is 9.59 Å². The number of carbonyl (C=O) groups excluding carboxylic acids is 2. The molecule has 3 N–H and O–H groups in total. The average Bonchev–Trinajstić information content (AvgIpc) is 2.58. The molecule has 6 heteroatoms. The molecule has 0 spiro atoms. The van der Waals surface area contributed by atoms with Crippen molar-refractivity contribution in [3.63, 3.8) is 0 Å². The monoisotopic (exact) mass is 267 g/mol. The van der Waals surface area contributed by atoms with Gasteiger partial charge in [0.25, 0.3) is 0 Å². The molecular weight excluding hydrogens is 250 g/mol. The zero-order valence-corrected chi connectivity index (χ0v) is 11.6. The molecule has 0 aromatic carbocycles. The van der Waals surface area contributed by atoms with Crippen LogP contribution >= 0.6 is 11.3 Å². The Morgan fingerprint density at radius 3 is 2.78 bits per heavy atom. The van der Waals surface area contributed by atoms with Crippen LogP contribution in [0.2, 0.25) is 0 Å². The molecule has 0 bridgehead atoms. The van der Waals surface area contributed by atoms with E-state index >= 15 is 0 Å². The van der Waals surface area contributed by atoms with E-state index in [1.807, 2.05) is 13.8 Å². The largest absolute Gasteiger partial charge is 0.320 e. The highest BCUT2D eigenvalue weighted by Crippen LogP contribution is 2.38. The molecule has 1 unspecified atom stereocenters. The second kappa shape index (κ2) is 4.44. The Morgan fingerprint density at radius 2 is 2.17 bits per heavy atom. The van der Waals surface area contributed by atoms with Gasteiger partial charge in [0.2, 0.25) is 5.91 Å². The number of rotatable bonds is 2. The van der Waals surface area contributed by atoms with Crippen LogP contribution < -0.4 is 11.1 Å². The van der Waals surface area contributed by atoms with Gasteiger partial charge in [0.05, 0.1) is 16.6 Å². The van der Waals surface area contributed by atoms with Crippen LogP contribution in [0.5, 0.6) is 0 Å². The summed E-state index contributed by atoms with van der Waals surface area (Å²) in [5, 5.41) is 3.10. The predicted molar refractivity (Wildman–Crippen MR) is 70.8 cm³/mol. The van der Waals surface area contributed by atoms with Crippen molar-refractivity contribution in [2.75, 3.05) is 5.32 Å². The summed E-state index contributed by atoms with van der Waals surface area (Å²) in [6.07, 6.45) is 1.29. The maximum Gasteiger partial charge on any atom is 0.242 e. The Kier molecular flexibility index (Phi) is 3.25. The van der Waals surface area contributed by atoms with Crippen molar-refractivity contribution in [3.05, 3.63) is 10.6 Å². The van der Waals surface area contributed by atoms with Crippen LogP contribution in [-0.2, 0) is 11.2 Å². The van der Waals surface area contributed by atoms with Crippen molar-refractivity contribution in [1.82, 2.24) is 4.98 Å². The SMILES string of the molecule is CC(N)C(=O)Nc1nc2c(s1)C(=O)CC(C)(C)C2. The van der Waals surface area contributed by atoms with Gasteiger partial charge in [-0.25, -0.2) is 4.98 Å². The van der Waals surface area contributed by atoms with Crippen LogP contribution in [0.25, 0.3) is 0 Å². The Bertz CT molecular complexity index is 505. The van der Waals surface area contributed by atoms with Gasteiger partial charge >= 0.3 is 0 Å². The summed E-state index contributed by atoms with van der Waals surface area (Å²) in [7, 11) is 0. The minimum atomic E-state index is -0.585.